The number of anilines is 1. The molecule has 2 aliphatic rings. The summed E-state index contributed by atoms with van der Waals surface area (Å²) in [6.45, 7) is 5.80. The van der Waals surface area contributed by atoms with Gasteiger partial charge in [-0.05, 0) is 49.6 Å². The fourth-order valence-electron chi connectivity index (χ4n) is 3.44. The van der Waals surface area contributed by atoms with Gasteiger partial charge in [0.25, 0.3) is 0 Å². The van der Waals surface area contributed by atoms with Crippen molar-refractivity contribution in [1.82, 2.24) is 0 Å². The molecule has 24 heavy (non-hydrogen) atoms. The molecule has 0 spiro atoms. The topological polar surface area (TPSA) is 38.8 Å². The third-order valence-corrected chi connectivity index (χ3v) is 4.93. The summed E-state index contributed by atoms with van der Waals surface area (Å²) in [6.07, 6.45) is 0.916. The van der Waals surface area contributed by atoms with E-state index in [4.69, 9.17) is 9.47 Å². The molecule has 2 aromatic rings. The van der Waals surface area contributed by atoms with Gasteiger partial charge in [-0.3, -0.25) is 4.79 Å². The third-order valence-electron chi connectivity index (χ3n) is 4.93. The maximum absolute atomic E-state index is 13.3. The number of carbonyl (C=O) groups excluding carboxylic acids is 1. The van der Waals surface area contributed by atoms with Crippen molar-refractivity contribution in [3.63, 3.8) is 0 Å². The molecule has 0 fully saturated rings. The average molecular weight is 323 g/mol. The number of hydrogen-bond acceptors (Lipinski definition) is 3. The molecule has 2 aliphatic heterocycles. The Bertz CT molecular complexity index is 797. The van der Waals surface area contributed by atoms with Gasteiger partial charge in [0.2, 0.25) is 5.91 Å². The van der Waals surface area contributed by atoms with E-state index in [0.717, 1.165) is 35.7 Å². The fraction of sp³-hybridized carbons (Fsp3) is 0.350. The van der Waals surface area contributed by atoms with Crippen LogP contribution in [0.4, 0.5) is 5.69 Å². The number of ether oxygens (including phenoxy) is 2. The van der Waals surface area contributed by atoms with Gasteiger partial charge in [-0.2, -0.15) is 0 Å². The Morgan fingerprint density at radius 3 is 2.62 bits per heavy atom. The molecule has 0 radical (unpaired) electrons. The van der Waals surface area contributed by atoms with Crippen molar-refractivity contribution in [1.29, 1.82) is 0 Å². The lowest BCUT2D eigenvalue weighted by Gasteiger charge is -2.31. The van der Waals surface area contributed by atoms with E-state index in [0.29, 0.717) is 13.2 Å². The van der Waals surface area contributed by atoms with Crippen LogP contribution in [0, 0.1) is 0 Å². The fourth-order valence-corrected chi connectivity index (χ4v) is 3.44. The van der Waals surface area contributed by atoms with E-state index < -0.39 is 5.41 Å². The van der Waals surface area contributed by atoms with E-state index in [2.05, 4.69) is 6.07 Å². The zero-order valence-electron chi connectivity index (χ0n) is 14.0. The predicted octanol–water partition coefficient (Wildman–Crippen LogP) is 3.32. The largest absolute Gasteiger partial charge is 0.486 e. The van der Waals surface area contributed by atoms with Crippen molar-refractivity contribution in [3.05, 3.63) is 53.6 Å². The molecule has 4 nitrogen and oxygen atoms in total. The van der Waals surface area contributed by atoms with E-state index in [-0.39, 0.29) is 5.91 Å². The summed E-state index contributed by atoms with van der Waals surface area (Å²) in [5.74, 6) is 1.59. The van der Waals surface area contributed by atoms with E-state index in [9.17, 15) is 4.79 Å². The van der Waals surface area contributed by atoms with Crippen molar-refractivity contribution in [2.75, 3.05) is 24.7 Å². The van der Waals surface area contributed by atoms with E-state index in [1.54, 1.807) is 0 Å². The van der Waals surface area contributed by atoms with Crippen LogP contribution in [0.15, 0.2) is 42.5 Å². The molecule has 0 atom stereocenters. The van der Waals surface area contributed by atoms with E-state index >= 15 is 0 Å². The lowest BCUT2D eigenvalue weighted by molar-refractivity contribution is -0.122. The summed E-state index contributed by atoms with van der Waals surface area (Å²) in [6, 6.07) is 13.9. The molecule has 0 aliphatic carbocycles. The Kier molecular flexibility index (Phi) is 3.48. The highest BCUT2D eigenvalue weighted by Crippen LogP contribution is 2.38. The van der Waals surface area contributed by atoms with Gasteiger partial charge in [0.15, 0.2) is 11.5 Å². The van der Waals surface area contributed by atoms with Crippen LogP contribution in [-0.4, -0.2) is 25.7 Å². The normalized spacial score (nSPS) is 16.0. The van der Waals surface area contributed by atoms with Crippen molar-refractivity contribution in [3.8, 4) is 11.5 Å². The molecule has 4 rings (SSSR count). The summed E-state index contributed by atoms with van der Waals surface area (Å²) in [5.41, 5.74) is 2.59. The predicted molar refractivity (Wildman–Crippen MR) is 93.0 cm³/mol. The first kappa shape index (κ1) is 15.1. The summed E-state index contributed by atoms with van der Waals surface area (Å²) in [5, 5.41) is 0. The standard InChI is InChI=1S/C20H21NO3/c1-20(2,15-7-8-17-18(13-15)24-12-11-23-17)19(22)21-10-9-14-5-3-4-6-16(14)21/h3-8,13H,9-12H2,1-2H3. The second kappa shape index (κ2) is 5.55. The summed E-state index contributed by atoms with van der Waals surface area (Å²) < 4.78 is 11.2. The van der Waals surface area contributed by atoms with Crippen LogP contribution >= 0.6 is 0 Å². The van der Waals surface area contributed by atoms with Gasteiger partial charge in [0, 0.05) is 12.2 Å². The molecular weight excluding hydrogens is 302 g/mol. The average Bonchev–Trinajstić information content (AvgIpc) is 3.04. The van der Waals surface area contributed by atoms with Gasteiger partial charge >= 0.3 is 0 Å². The Hall–Kier alpha value is -2.49. The molecule has 0 bridgehead atoms. The highest BCUT2D eigenvalue weighted by atomic mass is 16.6. The van der Waals surface area contributed by atoms with E-state index in [1.807, 2.05) is 55.1 Å². The maximum atomic E-state index is 13.3. The van der Waals surface area contributed by atoms with Crippen LogP contribution in [-0.2, 0) is 16.6 Å². The highest BCUT2D eigenvalue weighted by Gasteiger charge is 2.37. The molecular formula is C20H21NO3. The van der Waals surface area contributed by atoms with Gasteiger partial charge in [0.05, 0.1) is 5.41 Å². The monoisotopic (exact) mass is 323 g/mol. The molecule has 0 saturated carbocycles. The Balaban J connectivity index is 1.66. The van der Waals surface area contributed by atoms with Crippen LogP contribution in [0.1, 0.15) is 25.0 Å². The van der Waals surface area contributed by atoms with Crippen molar-refractivity contribution >= 4 is 11.6 Å². The first-order chi connectivity index (χ1) is 11.6. The van der Waals surface area contributed by atoms with E-state index in [1.165, 1.54) is 5.56 Å². The minimum absolute atomic E-state index is 0.115. The Labute approximate surface area is 142 Å². The smallest absolute Gasteiger partial charge is 0.237 e. The third kappa shape index (κ3) is 2.33. The zero-order chi connectivity index (χ0) is 16.7. The lowest BCUT2D eigenvalue weighted by Crippen LogP contribution is -2.42. The van der Waals surface area contributed by atoms with Crippen LogP contribution in [0.5, 0.6) is 11.5 Å². The number of carbonyl (C=O) groups is 1. The maximum Gasteiger partial charge on any atom is 0.237 e. The number of para-hydroxylation sites is 1. The number of benzene rings is 2. The van der Waals surface area contributed by atoms with Gasteiger partial charge in [0.1, 0.15) is 13.2 Å². The molecule has 2 aromatic carbocycles. The van der Waals surface area contributed by atoms with Gasteiger partial charge in [-0.15, -0.1) is 0 Å². The molecule has 4 heteroatoms. The first-order valence-corrected chi connectivity index (χ1v) is 8.37. The van der Waals surface area contributed by atoms with Gasteiger partial charge in [-0.1, -0.05) is 24.3 Å². The minimum Gasteiger partial charge on any atom is -0.486 e. The molecule has 0 saturated heterocycles. The molecule has 124 valence electrons. The molecule has 1 amide bonds. The van der Waals surface area contributed by atoms with Crippen molar-refractivity contribution in [2.24, 2.45) is 0 Å². The van der Waals surface area contributed by atoms with Crippen LogP contribution in [0.25, 0.3) is 0 Å². The second-order valence-electron chi connectivity index (χ2n) is 6.82. The highest BCUT2D eigenvalue weighted by molar-refractivity contribution is 6.02. The first-order valence-electron chi connectivity index (χ1n) is 8.37. The SMILES string of the molecule is CC(C)(C(=O)N1CCc2ccccc21)c1ccc2c(c1)OCCO2. The number of fused-ring (bicyclic) bond motifs is 2. The Morgan fingerprint density at radius 1 is 1.04 bits per heavy atom. The second-order valence-corrected chi connectivity index (χ2v) is 6.82. The van der Waals surface area contributed by atoms with Gasteiger partial charge in [-0.25, -0.2) is 0 Å². The number of rotatable bonds is 2. The zero-order valence-corrected chi connectivity index (χ0v) is 14.0. The molecule has 2 heterocycles. The number of hydrogen-bond donors (Lipinski definition) is 0. The quantitative estimate of drug-likeness (QED) is 0.851. The van der Waals surface area contributed by atoms with Crippen molar-refractivity contribution < 1.29 is 14.3 Å². The Morgan fingerprint density at radius 2 is 1.79 bits per heavy atom. The van der Waals surface area contributed by atoms with Crippen LogP contribution < -0.4 is 14.4 Å². The summed E-state index contributed by atoms with van der Waals surface area (Å²) >= 11 is 0. The summed E-state index contributed by atoms with van der Waals surface area (Å²) in [4.78, 5) is 15.2. The molecule has 0 aromatic heterocycles. The van der Waals surface area contributed by atoms with Crippen LogP contribution in [0.2, 0.25) is 0 Å². The molecule has 0 N–H and O–H groups in total. The van der Waals surface area contributed by atoms with Crippen molar-refractivity contribution in [2.45, 2.75) is 25.7 Å². The van der Waals surface area contributed by atoms with Gasteiger partial charge < -0.3 is 14.4 Å². The number of nitrogens with zero attached hydrogens (tertiary/aromatic N) is 1. The van der Waals surface area contributed by atoms with Crippen LogP contribution in [0.3, 0.4) is 0 Å². The lowest BCUT2D eigenvalue weighted by atomic mass is 9.83. The number of amides is 1. The summed E-state index contributed by atoms with van der Waals surface area (Å²) in [7, 11) is 0. The molecule has 0 unspecified atom stereocenters. The minimum atomic E-state index is -0.632.